The van der Waals surface area contributed by atoms with Gasteiger partial charge in [-0.3, -0.25) is 4.79 Å². The number of carbonyl (C=O) groups is 2. The number of ether oxygens (including phenoxy) is 1. The molecule has 1 amide bonds. The highest BCUT2D eigenvalue weighted by Gasteiger charge is 2.25. The van der Waals surface area contributed by atoms with Gasteiger partial charge in [-0.25, -0.2) is 4.79 Å². The molecule has 2 aromatic rings. The van der Waals surface area contributed by atoms with E-state index in [4.69, 9.17) is 4.74 Å². The van der Waals surface area contributed by atoms with Gasteiger partial charge < -0.3 is 10.1 Å². The summed E-state index contributed by atoms with van der Waals surface area (Å²) in [4.78, 5) is 24.5. The minimum Gasteiger partial charge on any atom is -0.459 e. The zero-order chi connectivity index (χ0) is 17.4. The first-order valence-electron chi connectivity index (χ1n) is 8.10. The topological polar surface area (TPSA) is 55.4 Å². The average molecular weight is 325 g/mol. The Morgan fingerprint density at radius 3 is 2.00 bits per heavy atom. The fourth-order valence-corrected chi connectivity index (χ4v) is 2.32. The lowest BCUT2D eigenvalue weighted by Crippen LogP contribution is -2.45. The molecule has 24 heavy (non-hydrogen) atoms. The van der Waals surface area contributed by atoms with Crippen LogP contribution in [0.2, 0.25) is 0 Å². The van der Waals surface area contributed by atoms with Crippen molar-refractivity contribution in [1.29, 1.82) is 0 Å². The predicted octanol–water partition coefficient (Wildman–Crippen LogP) is 3.11. The molecule has 0 bridgehead atoms. The molecule has 0 spiro atoms. The zero-order valence-electron chi connectivity index (χ0n) is 14.1. The van der Waals surface area contributed by atoms with E-state index in [9.17, 15) is 9.59 Å². The van der Waals surface area contributed by atoms with E-state index >= 15 is 0 Å². The minimum atomic E-state index is -0.648. The molecule has 126 valence electrons. The van der Waals surface area contributed by atoms with Crippen LogP contribution in [-0.4, -0.2) is 17.9 Å². The SMILES string of the molecule is CC(C)C(NC(=O)Cc1ccccc1)C(=O)OCc1ccccc1. The second-order valence-electron chi connectivity index (χ2n) is 6.04. The summed E-state index contributed by atoms with van der Waals surface area (Å²) in [5, 5.41) is 2.79. The Labute approximate surface area is 142 Å². The minimum absolute atomic E-state index is 0.0482. The van der Waals surface area contributed by atoms with Crippen LogP contribution in [0.15, 0.2) is 60.7 Å². The second-order valence-corrected chi connectivity index (χ2v) is 6.04. The third-order valence-electron chi connectivity index (χ3n) is 3.67. The maximum absolute atomic E-state index is 12.3. The number of benzene rings is 2. The fourth-order valence-electron chi connectivity index (χ4n) is 2.32. The quantitative estimate of drug-likeness (QED) is 0.796. The molecule has 1 N–H and O–H groups in total. The molecule has 0 aliphatic rings. The third kappa shape index (κ3) is 5.54. The normalized spacial score (nSPS) is 11.8. The van der Waals surface area contributed by atoms with Gasteiger partial charge in [0.05, 0.1) is 6.42 Å². The molecule has 4 heteroatoms. The summed E-state index contributed by atoms with van der Waals surface area (Å²) < 4.78 is 5.35. The predicted molar refractivity (Wildman–Crippen MR) is 93.2 cm³/mol. The maximum atomic E-state index is 12.3. The van der Waals surface area contributed by atoms with Gasteiger partial charge in [0.1, 0.15) is 12.6 Å². The second kappa shape index (κ2) is 8.87. The van der Waals surface area contributed by atoms with Crippen LogP contribution in [0.1, 0.15) is 25.0 Å². The summed E-state index contributed by atoms with van der Waals surface area (Å²) in [7, 11) is 0. The van der Waals surface area contributed by atoms with Crippen LogP contribution < -0.4 is 5.32 Å². The monoisotopic (exact) mass is 325 g/mol. The van der Waals surface area contributed by atoms with Crippen molar-refractivity contribution in [3.63, 3.8) is 0 Å². The summed E-state index contributed by atoms with van der Waals surface area (Å²) in [5.41, 5.74) is 1.83. The Morgan fingerprint density at radius 2 is 1.46 bits per heavy atom. The molecule has 2 aromatic carbocycles. The molecular weight excluding hydrogens is 302 g/mol. The molecule has 0 aromatic heterocycles. The Kier molecular flexibility index (Phi) is 6.55. The van der Waals surface area contributed by atoms with Crippen molar-refractivity contribution in [2.75, 3.05) is 0 Å². The van der Waals surface area contributed by atoms with E-state index in [1.165, 1.54) is 0 Å². The van der Waals surface area contributed by atoms with Gasteiger partial charge in [0.2, 0.25) is 5.91 Å². The summed E-state index contributed by atoms with van der Waals surface area (Å²) >= 11 is 0. The van der Waals surface area contributed by atoms with Crippen molar-refractivity contribution in [1.82, 2.24) is 5.32 Å². The molecule has 0 saturated carbocycles. The van der Waals surface area contributed by atoms with Crippen molar-refractivity contribution in [3.8, 4) is 0 Å². The Morgan fingerprint density at radius 1 is 0.917 bits per heavy atom. The average Bonchev–Trinajstić information content (AvgIpc) is 2.59. The molecule has 0 saturated heterocycles. The summed E-state index contributed by atoms with van der Waals surface area (Å²) in [6, 6.07) is 18.3. The van der Waals surface area contributed by atoms with Crippen LogP contribution in [-0.2, 0) is 27.4 Å². The lowest BCUT2D eigenvalue weighted by atomic mass is 10.0. The Hall–Kier alpha value is -2.62. The first-order chi connectivity index (χ1) is 11.6. The van der Waals surface area contributed by atoms with Gasteiger partial charge in [0.15, 0.2) is 0 Å². The lowest BCUT2D eigenvalue weighted by molar-refractivity contribution is -0.150. The molecule has 0 radical (unpaired) electrons. The first kappa shape index (κ1) is 17.7. The number of hydrogen-bond donors (Lipinski definition) is 1. The molecule has 0 heterocycles. The van der Waals surface area contributed by atoms with Crippen molar-refractivity contribution in [3.05, 3.63) is 71.8 Å². The van der Waals surface area contributed by atoms with E-state index in [2.05, 4.69) is 5.32 Å². The third-order valence-corrected chi connectivity index (χ3v) is 3.67. The first-order valence-corrected chi connectivity index (χ1v) is 8.10. The van der Waals surface area contributed by atoms with Gasteiger partial charge in [0, 0.05) is 0 Å². The van der Waals surface area contributed by atoms with Gasteiger partial charge >= 0.3 is 5.97 Å². The largest absolute Gasteiger partial charge is 0.459 e. The van der Waals surface area contributed by atoms with Crippen LogP contribution in [0.3, 0.4) is 0 Å². The van der Waals surface area contributed by atoms with Crippen LogP contribution in [0.25, 0.3) is 0 Å². The van der Waals surface area contributed by atoms with Gasteiger partial charge in [-0.1, -0.05) is 74.5 Å². The van der Waals surface area contributed by atoms with Gasteiger partial charge in [-0.15, -0.1) is 0 Å². The summed E-state index contributed by atoms with van der Waals surface area (Å²) in [5.74, 6) is -0.639. The molecule has 0 aliphatic heterocycles. The number of esters is 1. The molecule has 2 rings (SSSR count). The number of nitrogens with one attached hydrogen (secondary N) is 1. The van der Waals surface area contributed by atoms with Gasteiger partial charge in [0.25, 0.3) is 0 Å². The van der Waals surface area contributed by atoms with Crippen LogP contribution in [0, 0.1) is 5.92 Å². The number of rotatable bonds is 7. The van der Waals surface area contributed by atoms with E-state index in [0.29, 0.717) is 0 Å². The molecule has 0 aliphatic carbocycles. The van der Waals surface area contributed by atoms with Gasteiger partial charge in [-0.05, 0) is 17.0 Å². The maximum Gasteiger partial charge on any atom is 0.329 e. The molecule has 4 nitrogen and oxygen atoms in total. The highest BCUT2D eigenvalue weighted by atomic mass is 16.5. The molecule has 1 unspecified atom stereocenters. The van der Waals surface area contributed by atoms with Crippen LogP contribution in [0.4, 0.5) is 0 Å². The standard InChI is InChI=1S/C20H23NO3/c1-15(2)19(20(23)24-14-17-11-7-4-8-12-17)21-18(22)13-16-9-5-3-6-10-16/h3-12,15,19H,13-14H2,1-2H3,(H,21,22). The molecule has 0 fully saturated rings. The van der Waals surface area contributed by atoms with E-state index in [1.54, 1.807) is 0 Å². The van der Waals surface area contributed by atoms with Crippen LogP contribution in [0.5, 0.6) is 0 Å². The van der Waals surface area contributed by atoms with E-state index in [-0.39, 0.29) is 24.9 Å². The van der Waals surface area contributed by atoms with Gasteiger partial charge in [-0.2, -0.15) is 0 Å². The number of hydrogen-bond acceptors (Lipinski definition) is 3. The zero-order valence-corrected chi connectivity index (χ0v) is 14.1. The summed E-state index contributed by atoms with van der Waals surface area (Å²) in [6.45, 7) is 3.98. The highest BCUT2D eigenvalue weighted by Crippen LogP contribution is 2.08. The number of carbonyl (C=O) groups excluding carboxylic acids is 2. The van der Waals surface area contributed by atoms with Crippen LogP contribution >= 0.6 is 0 Å². The van der Waals surface area contributed by atoms with E-state index in [0.717, 1.165) is 11.1 Å². The van der Waals surface area contributed by atoms with Crippen molar-refractivity contribution >= 4 is 11.9 Å². The van der Waals surface area contributed by atoms with Crippen molar-refractivity contribution in [2.45, 2.75) is 32.9 Å². The lowest BCUT2D eigenvalue weighted by Gasteiger charge is -2.21. The fraction of sp³-hybridized carbons (Fsp3) is 0.300. The highest BCUT2D eigenvalue weighted by molar-refractivity contribution is 5.85. The number of amides is 1. The van der Waals surface area contributed by atoms with Crippen molar-refractivity contribution < 1.29 is 14.3 Å². The Bertz CT molecular complexity index is 653. The van der Waals surface area contributed by atoms with Crippen molar-refractivity contribution in [2.24, 2.45) is 5.92 Å². The van der Waals surface area contributed by atoms with E-state index in [1.807, 2.05) is 74.5 Å². The van der Waals surface area contributed by atoms with E-state index < -0.39 is 12.0 Å². The molecule has 1 atom stereocenters. The Balaban J connectivity index is 1.90. The molecular formula is C20H23NO3. The smallest absolute Gasteiger partial charge is 0.329 e. The summed E-state index contributed by atoms with van der Waals surface area (Å²) in [6.07, 6.45) is 0.246.